The Morgan fingerprint density at radius 1 is 0.972 bits per heavy atom. The molecule has 0 atom stereocenters. The first-order chi connectivity index (χ1) is 17.5. The number of benzene rings is 2. The van der Waals surface area contributed by atoms with Gasteiger partial charge in [0, 0.05) is 49.8 Å². The normalized spacial score (nSPS) is 16.5. The quantitative estimate of drug-likeness (QED) is 0.593. The first kappa shape index (κ1) is 25.8. The smallest absolute Gasteiger partial charge is 0.253 e. The van der Waals surface area contributed by atoms with Gasteiger partial charge in [-0.05, 0) is 51.0 Å². The minimum Gasteiger partial charge on any atom is -0.492 e. The molecule has 4 rings (SSSR count). The SMILES string of the molecule is CCOc1cc(N2CCOCC2)c(OCC)cc1NC(=O)C1CCN(C(=O)c2ccc(F)cc2)CC1. The second-order valence-corrected chi connectivity index (χ2v) is 8.84. The summed E-state index contributed by atoms with van der Waals surface area (Å²) in [6, 6.07) is 9.31. The summed E-state index contributed by atoms with van der Waals surface area (Å²) in [4.78, 5) is 29.8. The van der Waals surface area contributed by atoms with E-state index in [1.54, 1.807) is 4.90 Å². The van der Waals surface area contributed by atoms with Gasteiger partial charge in [0.2, 0.25) is 5.91 Å². The van der Waals surface area contributed by atoms with Crippen LogP contribution in [0.25, 0.3) is 0 Å². The van der Waals surface area contributed by atoms with Gasteiger partial charge in [0.25, 0.3) is 5.91 Å². The van der Waals surface area contributed by atoms with Crippen LogP contribution in [0.1, 0.15) is 37.0 Å². The molecule has 0 bridgehead atoms. The number of carbonyl (C=O) groups excluding carboxylic acids is 2. The van der Waals surface area contributed by atoms with Crippen LogP contribution in [0.4, 0.5) is 15.8 Å². The molecule has 0 aromatic heterocycles. The highest BCUT2D eigenvalue weighted by Crippen LogP contribution is 2.39. The summed E-state index contributed by atoms with van der Waals surface area (Å²) >= 11 is 0. The van der Waals surface area contributed by atoms with Gasteiger partial charge in [0.05, 0.1) is 37.8 Å². The van der Waals surface area contributed by atoms with Crippen molar-refractivity contribution in [2.45, 2.75) is 26.7 Å². The molecular weight excluding hydrogens is 465 g/mol. The summed E-state index contributed by atoms with van der Waals surface area (Å²) in [6.07, 6.45) is 1.10. The number of morpholine rings is 1. The lowest BCUT2D eigenvalue weighted by Gasteiger charge is -2.32. The molecule has 2 aliphatic rings. The van der Waals surface area contributed by atoms with Gasteiger partial charge >= 0.3 is 0 Å². The summed E-state index contributed by atoms with van der Waals surface area (Å²) in [5.74, 6) is 0.432. The number of carbonyl (C=O) groups is 2. The van der Waals surface area contributed by atoms with Crippen LogP contribution in [0.5, 0.6) is 11.5 Å². The van der Waals surface area contributed by atoms with E-state index in [9.17, 15) is 14.0 Å². The molecule has 2 aliphatic heterocycles. The average Bonchev–Trinajstić information content (AvgIpc) is 2.91. The van der Waals surface area contributed by atoms with Crippen molar-refractivity contribution in [3.8, 4) is 11.5 Å². The summed E-state index contributed by atoms with van der Waals surface area (Å²) in [5, 5.41) is 3.04. The molecule has 0 aliphatic carbocycles. The Hall–Kier alpha value is -3.33. The van der Waals surface area contributed by atoms with E-state index in [2.05, 4.69) is 10.2 Å². The van der Waals surface area contributed by atoms with Crippen molar-refractivity contribution in [1.29, 1.82) is 0 Å². The summed E-state index contributed by atoms with van der Waals surface area (Å²) in [5.41, 5.74) is 1.95. The Morgan fingerprint density at radius 3 is 2.25 bits per heavy atom. The Bertz CT molecular complexity index is 1050. The third kappa shape index (κ3) is 6.07. The first-order valence-electron chi connectivity index (χ1n) is 12.6. The zero-order chi connectivity index (χ0) is 25.5. The van der Waals surface area contributed by atoms with Crippen LogP contribution in [-0.2, 0) is 9.53 Å². The highest BCUT2D eigenvalue weighted by molar-refractivity contribution is 5.96. The van der Waals surface area contributed by atoms with Crippen molar-refractivity contribution in [2.24, 2.45) is 5.92 Å². The molecule has 8 nitrogen and oxygen atoms in total. The fourth-order valence-corrected chi connectivity index (χ4v) is 4.60. The van der Waals surface area contributed by atoms with E-state index in [1.165, 1.54) is 24.3 Å². The van der Waals surface area contributed by atoms with Crippen LogP contribution < -0.4 is 19.7 Å². The van der Waals surface area contributed by atoms with Crippen molar-refractivity contribution >= 4 is 23.2 Å². The van der Waals surface area contributed by atoms with E-state index in [0.717, 1.165) is 18.8 Å². The average molecular weight is 500 g/mol. The molecule has 0 radical (unpaired) electrons. The zero-order valence-electron chi connectivity index (χ0n) is 20.9. The number of ether oxygens (including phenoxy) is 3. The van der Waals surface area contributed by atoms with Crippen LogP contribution in [-0.4, -0.2) is 69.3 Å². The zero-order valence-corrected chi connectivity index (χ0v) is 20.9. The van der Waals surface area contributed by atoms with Crippen LogP contribution in [0, 0.1) is 11.7 Å². The number of halogens is 1. The number of anilines is 2. The number of hydrogen-bond acceptors (Lipinski definition) is 6. The number of nitrogens with one attached hydrogen (secondary N) is 1. The fraction of sp³-hybridized carbons (Fsp3) is 0.481. The van der Waals surface area contributed by atoms with Gasteiger partial charge in [0.15, 0.2) is 0 Å². The molecule has 9 heteroatoms. The molecule has 1 N–H and O–H groups in total. The standard InChI is InChI=1S/C27H34FN3O5/c1-3-35-24-18-23(30-13-15-34-16-14-30)25(36-4-2)17-22(24)29-26(32)19-9-11-31(12-10-19)27(33)20-5-7-21(28)8-6-20/h5-8,17-19H,3-4,9-16H2,1-2H3,(H,29,32). The van der Waals surface area contributed by atoms with E-state index in [1.807, 2.05) is 26.0 Å². The molecule has 194 valence electrons. The van der Waals surface area contributed by atoms with Gasteiger partial charge in [-0.15, -0.1) is 0 Å². The Kier molecular flexibility index (Phi) is 8.64. The van der Waals surface area contributed by atoms with Crippen LogP contribution in [0.15, 0.2) is 36.4 Å². The largest absolute Gasteiger partial charge is 0.492 e. The summed E-state index contributed by atoms with van der Waals surface area (Å²) in [6.45, 7) is 8.54. The molecule has 2 fully saturated rings. The lowest BCUT2D eigenvalue weighted by atomic mass is 9.95. The van der Waals surface area contributed by atoms with E-state index in [0.29, 0.717) is 75.1 Å². The monoisotopic (exact) mass is 499 g/mol. The number of nitrogens with zero attached hydrogens (tertiary/aromatic N) is 2. The van der Waals surface area contributed by atoms with Gasteiger partial charge in [-0.2, -0.15) is 0 Å². The first-order valence-corrected chi connectivity index (χ1v) is 12.6. The summed E-state index contributed by atoms with van der Waals surface area (Å²) < 4.78 is 30.5. The molecule has 0 saturated carbocycles. The molecular formula is C27H34FN3O5. The molecule has 36 heavy (non-hydrogen) atoms. The van der Waals surface area contributed by atoms with E-state index >= 15 is 0 Å². The van der Waals surface area contributed by atoms with Gasteiger partial charge in [-0.25, -0.2) is 4.39 Å². The maximum atomic E-state index is 13.2. The van der Waals surface area contributed by atoms with Crippen molar-refractivity contribution < 1.29 is 28.2 Å². The molecule has 0 unspecified atom stereocenters. The molecule has 2 aromatic rings. The van der Waals surface area contributed by atoms with Crippen LogP contribution in [0.3, 0.4) is 0 Å². The van der Waals surface area contributed by atoms with Crippen molar-refractivity contribution in [3.05, 3.63) is 47.8 Å². The molecule has 2 heterocycles. The number of hydrogen-bond donors (Lipinski definition) is 1. The highest BCUT2D eigenvalue weighted by atomic mass is 19.1. The highest BCUT2D eigenvalue weighted by Gasteiger charge is 2.29. The number of likely N-dealkylation sites (tertiary alicyclic amines) is 1. The third-order valence-electron chi connectivity index (χ3n) is 6.51. The molecule has 2 saturated heterocycles. The minimum atomic E-state index is -0.376. The Labute approximate surface area is 211 Å². The van der Waals surface area contributed by atoms with Gasteiger partial charge in [-0.1, -0.05) is 0 Å². The van der Waals surface area contributed by atoms with Gasteiger partial charge in [-0.3, -0.25) is 9.59 Å². The fourth-order valence-electron chi connectivity index (χ4n) is 4.60. The van der Waals surface area contributed by atoms with Gasteiger partial charge in [0.1, 0.15) is 17.3 Å². The second-order valence-electron chi connectivity index (χ2n) is 8.84. The Morgan fingerprint density at radius 2 is 1.61 bits per heavy atom. The topological polar surface area (TPSA) is 80.3 Å². The minimum absolute atomic E-state index is 0.105. The van der Waals surface area contributed by atoms with Gasteiger partial charge < -0.3 is 29.3 Å². The molecule has 0 spiro atoms. The van der Waals surface area contributed by atoms with Crippen LogP contribution >= 0.6 is 0 Å². The third-order valence-corrected chi connectivity index (χ3v) is 6.51. The maximum absolute atomic E-state index is 13.2. The predicted octanol–water partition coefficient (Wildman–Crippen LogP) is 3.95. The van der Waals surface area contributed by atoms with Crippen molar-refractivity contribution in [3.63, 3.8) is 0 Å². The van der Waals surface area contributed by atoms with Crippen molar-refractivity contribution in [2.75, 3.05) is 62.8 Å². The number of amides is 2. The molecule has 2 amide bonds. The van der Waals surface area contributed by atoms with E-state index in [-0.39, 0.29) is 23.5 Å². The Balaban J connectivity index is 1.44. The van der Waals surface area contributed by atoms with E-state index < -0.39 is 0 Å². The lowest BCUT2D eigenvalue weighted by Crippen LogP contribution is -2.41. The lowest BCUT2D eigenvalue weighted by molar-refractivity contribution is -0.121. The predicted molar refractivity (Wildman–Crippen MR) is 135 cm³/mol. The van der Waals surface area contributed by atoms with Crippen molar-refractivity contribution in [1.82, 2.24) is 4.90 Å². The molecule has 2 aromatic carbocycles. The number of rotatable bonds is 8. The number of piperidine rings is 1. The van der Waals surface area contributed by atoms with Crippen LogP contribution in [0.2, 0.25) is 0 Å². The maximum Gasteiger partial charge on any atom is 0.253 e. The van der Waals surface area contributed by atoms with E-state index in [4.69, 9.17) is 14.2 Å². The summed E-state index contributed by atoms with van der Waals surface area (Å²) in [7, 11) is 0. The second kappa shape index (κ2) is 12.1.